The molecule has 0 bridgehead atoms. The third-order valence-electron chi connectivity index (χ3n) is 2.36. The standard InChI is InChI=1S/C12H21N2.ClH/c1-12(2,10-14(3,4)13)11-8-6-5-7-9-11;/h5-9H,10,13H2,1-4H3;1H/q+1;/p-1. The molecule has 0 aromatic heterocycles. The predicted octanol–water partition coefficient (Wildman–Crippen LogP) is -1.08. The first kappa shape index (κ1) is 14.4. The Labute approximate surface area is 99.1 Å². The van der Waals surface area contributed by atoms with Crippen LogP contribution in [-0.4, -0.2) is 25.2 Å². The molecule has 0 aliphatic heterocycles. The topological polar surface area (TPSA) is 26.0 Å². The van der Waals surface area contributed by atoms with E-state index in [9.17, 15) is 0 Å². The molecule has 0 saturated heterocycles. The van der Waals surface area contributed by atoms with Gasteiger partial charge in [0.2, 0.25) is 0 Å². The minimum absolute atomic E-state index is 0. The van der Waals surface area contributed by atoms with Gasteiger partial charge in [0.25, 0.3) is 0 Å². The molecule has 0 aliphatic rings. The average Bonchev–Trinajstić information content (AvgIpc) is 2.01. The molecular weight excluding hydrogens is 208 g/mol. The lowest BCUT2D eigenvalue weighted by molar-refractivity contribution is -0.906. The second-order valence-corrected chi connectivity index (χ2v) is 5.19. The van der Waals surface area contributed by atoms with Crippen LogP contribution in [0.15, 0.2) is 30.3 Å². The normalized spacial score (nSPS) is 12.1. The molecule has 0 unspecified atom stereocenters. The van der Waals surface area contributed by atoms with E-state index in [0.29, 0.717) is 4.59 Å². The molecule has 1 rings (SSSR count). The van der Waals surface area contributed by atoms with Crippen LogP contribution in [0, 0.1) is 0 Å². The van der Waals surface area contributed by atoms with Gasteiger partial charge in [-0.1, -0.05) is 44.2 Å². The number of hydrogen-bond donors (Lipinski definition) is 1. The Morgan fingerprint density at radius 2 is 1.60 bits per heavy atom. The van der Waals surface area contributed by atoms with Gasteiger partial charge in [0.05, 0.1) is 14.1 Å². The molecule has 1 aromatic carbocycles. The van der Waals surface area contributed by atoms with Crippen LogP contribution in [0.5, 0.6) is 0 Å². The summed E-state index contributed by atoms with van der Waals surface area (Å²) in [5, 5.41) is 0. The van der Waals surface area contributed by atoms with Crippen molar-refractivity contribution in [2.75, 3.05) is 20.6 Å². The molecule has 2 N–H and O–H groups in total. The summed E-state index contributed by atoms with van der Waals surface area (Å²) in [5.41, 5.74) is 1.47. The fourth-order valence-electron chi connectivity index (χ4n) is 2.00. The molecule has 0 radical (unpaired) electrons. The summed E-state index contributed by atoms with van der Waals surface area (Å²) in [7, 11) is 4.04. The molecule has 0 fully saturated rings. The Bertz CT molecular complexity index is 288. The highest BCUT2D eigenvalue weighted by atomic mass is 35.5. The fraction of sp³-hybridized carbons (Fsp3) is 0.500. The highest BCUT2D eigenvalue weighted by molar-refractivity contribution is 5.23. The number of halogens is 1. The quantitative estimate of drug-likeness (QED) is 0.398. The van der Waals surface area contributed by atoms with Gasteiger partial charge in [0, 0.05) is 5.41 Å². The number of benzene rings is 1. The maximum Gasteiger partial charge on any atom is 0.105 e. The van der Waals surface area contributed by atoms with Crippen LogP contribution in [-0.2, 0) is 5.41 Å². The number of quaternary nitrogens is 1. The van der Waals surface area contributed by atoms with E-state index in [2.05, 4.69) is 38.1 Å². The summed E-state index contributed by atoms with van der Waals surface area (Å²) >= 11 is 0. The molecular formula is C12H21ClN2. The summed E-state index contributed by atoms with van der Waals surface area (Å²) in [6, 6.07) is 10.5. The van der Waals surface area contributed by atoms with Crippen molar-refractivity contribution in [2.24, 2.45) is 5.84 Å². The lowest BCUT2D eigenvalue weighted by Gasteiger charge is -2.33. The number of nitrogens with two attached hydrogens (primary N) is 1. The van der Waals surface area contributed by atoms with Crippen LogP contribution in [0.3, 0.4) is 0 Å². The Balaban J connectivity index is 0.00000196. The van der Waals surface area contributed by atoms with Crippen molar-refractivity contribution in [1.29, 1.82) is 0 Å². The largest absolute Gasteiger partial charge is 1.00 e. The maximum atomic E-state index is 6.00. The molecule has 0 aliphatic carbocycles. The molecule has 0 heterocycles. The van der Waals surface area contributed by atoms with Crippen LogP contribution in [0.1, 0.15) is 19.4 Å². The van der Waals surface area contributed by atoms with Crippen LogP contribution >= 0.6 is 0 Å². The van der Waals surface area contributed by atoms with E-state index in [1.807, 2.05) is 20.2 Å². The highest BCUT2D eigenvalue weighted by Crippen LogP contribution is 2.24. The van der Waals surface area contributed by atoms with Gasteiger partial charge >= 0.3 is 0 Å². The minimum atomic E-state index is 0. The van der Waals surface area contributed by atoms with Gasteiger partial charge < -0.3 is 12.4 Å². The third-order valence-corrected chi connectivity index (χ3v) is 2.36. The SMILES string of the molecule is CC(C)(C[N+](C)(C)N)c1ccccc1.[Cl-]. The Kier molecular flexibility index (Phi) is 4.78. The molecule has 15 heavy (non-hydrogen) atoms. The van der Waals surface area contributed by atoms with Crippen LogP contribution in [0.4, 0.5) is 0 Å². The lowest BCUT2D eigenvalue weighted by Crippen LogP contribution is -3.00. The van der Waals surface area contributed by atoms with E-state index in [-0.39, 0.29) is 17.8 Å². The highest BCUT2D eigenvalue weighted by Gasteiger charge is 2.28. The third kappa shape index (κ3) is 4.65. The number of hydrogen-bond acceptors (Lipinski definition) is 1. The van der Waals surface area contributed by atoms with E-state index >= 15 is 0 Å². The molecule has 0 saturated carbocycles. The van der Waals surface area contributed by atoms with Crippen molar-refractivity contribution >= 4 is 0 Å². The molecule has 0 spiro atoms. The molecule has 86 valence electrons. The number of rotatable bonds is 3. The zero-order chi connectivity index (χ0) is 10.8. The van der Waals surface area contributed by atoms with E-state index < -0.39 is 0 Å². The van der Waals surface area contributed by atoms with Crippen molar-refractivity contribution in [3.05, 3.63) is 35.9 Å². The van der Waals surface area contributed by atoms with Crippen molar-refractivity contribution in [3.63, 3.8) is 0 Å². The van der Waals surface area contributed by atoms with Crippen LogP contribution < -0.4 is 18.2 Å². The molecule has 2 nitrogen and oxygen atoms in total. The van der Waals surface area contributed by atoms with E-state index in [0.717, 1.165) is 6.54 Å². The van der Waals surface area contributed by atoms with Crippen molar-refractivity contribution < 1.29 is 17.0 Å². The number of likely N-dealkylation sites (N-methyl/N-ethyl adjacent to an activating group) is 1. The second kappa shape index (κ2) is 4.97. The van der Waals surface area contributed by atoms with Gasteiger partial charge in [-0.25, -0.2) is 0 Å². The molecule has 3 heteroatoms. The van der Waals surface area contributed by atoms with Gasteiger partial charge in [-0.2, -0.15) is 5.84 Å². The van der Waals surface area contributed by atoms with Crippen molar-refractivity contribution in [1.82, 2.24) is 0 Å². The summed E-state index contributed by atoms with van der Waals surface area (Å²) in [4.78, 5) is 0. The zero-order valence-electron chi connectivity index (χ0n) is 10.00. The Morgan fingerprint density at radius 3 is 2.00 bits per heavy atom. The monoisotopic (exact) mass is 228 g/mol. The molecule has 1 aromatic rings. The molecule has 0 atom stereocenters. The zero-order valence-corrected chi connectivity index (χ0v) is 10.8. The van der Waals surface area contributed by atoms with Gasteiger partial charge in [-0.3, -0.25) is 4.59 Å². The average molecular weight is 229 g/mol. The van der Waals surface area contributed by atoms with Gasteiger partial charge in [-0.05, 0) is 5.56 Å². The van der Waals surface area contributed by atoms with Crippen LogP contribution in [0.2, 0.25) is 0 Å². The summed E-state index contributed by atoms with van der Waals surface area (Å²) in [5.74, 6) is 6.00. The van der Waals surface area contributed by atoms with Crippen molar-refractivity contribution in [3.8, 4) is 0 Å². The van der Waals surface area contributed by atoms with Gasteiger partial charge in [0.15, 0.2) is 0 Å². The van der Waals surface area contributed by atoms with Crippen LogP contribution in [0.25, 0.3) is 0 Å². The smallest absolute Gasteiger partial charge is 0.105 e. The van der Waals surface area contributed by atoms with E-state index in [1.54, 1.807) is 0 Å². The number of nitrogens with zero attached hydrogens (tertiary/aromatic N) is 1. The van der Waals surface area contributed by atoms with E-state index in [4.69, 9.17) is 5.84 Å². The van der Waals surface area contributed by atoms with Crippen molar-refractivity contribution in [2.45, 2.75) is 19.3 Å². The lowest BCUT2D eigenvalue weighted by atomic mass is 9.84. The first-order valence-corrected chi connectivity index (χ1v) is 4.98. The van der Waals surface area contributed by atoms with Gasteiger partial charge in [0.1, 0.15) is 6.54 Å². The summed E-state index contributed by atoms with van der Waals surface area (Å²) in [6.07, 6.45) is 0. The maximum absolute atomic E-state index is 6.00. The first-order valence-electron chi connectivity index (χ1n) is 4.98. The fourth-order valence-corrected chi connectivity index (χ4v) is 2.00. The second-order valence-electron chi connectivity index (χ2n) is 5.19. The first-order chi connectivity index (χ1) is 6.31. The molecule has 0 amide bonds. The van der Waals surface area contributed by atoms with Gasteiger partial charge in [-0.15, -0.1) is 0 Å². The Morgan fingerprint density at radius 1 is 1.13 bits per heavy atom. The minimum Gasteiger partial charge on any atom is -1.00 e. The summed E-state index contributed by atoms with van der Waals surface area (Å²) in [6.45, 7) is 5.39. The predicted molar refractivity (Wildman–Crippen MR) is 60.6 cm³/mol. The summed E-state index contributed by atoms with van der Waals surface area (Å²) < 4.78 is 0.502. The van der Waals surface area contributed by atoms with E-state index in [1.165, 1.54) is 5.56 Å². The Hall–Kier alpha value is -0.570.